The molecule has 1 aromatic carbocycles. The van der Waals surface area contributed by atoms with Gasteiger partial charge in [-0.1, -0.05) is 0 Å². The maximum atomic E-state index is 11.7. The number of H-pyrrole nitrogens is 1. The molecule has 0 radical (unpaired) electrons. The number of nitrogens with one attached hydrogen (secondary N) is 2. The fourth-order valence-electron chi connectivity index (χ4n) is 2.24. The monoisotopic (exact) mass is 310 g/mol. The molecule has 6 nitrogen and oxygen atoms in total. The number of hydrogen-bond acceptors (Lipinski definition) is 4. The number of carbonyl (C=O) groups is 1. The van der Waals surface area contributed by atoms with Gasteiger partial charge in [0.05, 0.1) is 19.3 Å². The molecule has 2 aromatic rings. The van der Waals surface area contributed by atoms with E-state index in [2.05, 4.69) is 9.71 Å². The maximum Gasteiger partial charge on any atom is 0.310 e. The standard InChI is InChI=1S/C14H18N2O4S/c1-4-20-14(17)8-11-9(2)15-13-6-5-10(7-12(11)13)16-21(3,18)19/h5-7,15-16H,4,8H2,1-3H3. The number of anilines is 1. The molecule has 2 N–H and O–H groups in total. The first-order chi connectivity index (χ1) is 9.80. The number of benzene rings is 1. The Morgan fingerprint density at radius 1 is 1.38 bits per heavy atom. The number of rotatable bonds is 5. The van der Waals surface area contributed by atoms with E-state index < -0.39 is 10.0 Å². The van der Waals surface area contributed by atoms with Gasteiger partial charge in [0, 0.05) is 22.3 Å². The average Bonchev–Trinajstić information content (AvgIpc) is 2.64. The minimum atomic E-state index is -3.34. The summed E-state index contributed by atoms with van der Waals surface area (Å²) in [4.78, 5) is 14.9. The fraction of sp³-hybridized carbons (Fsp3) is 0.357. The highest BCUT2D eigenvalue weighted by Crippen LogP contribution is 2.26. The van der Waals surface area contributed by atoms with E-state index in [1.807, 2.05) is 6.92 Å². The Bertz CT molecular complexity index is 778. The van der Waals surface area contributed by atoms with Crippen LogP contribution in [-0.4, -0.2) is 32.2 Å². The lowest BCUT2D eigenvalue weighted by Crippen LogP contribution is -2.09. The quantitative estimate of drug-likeness (QED) is 0.826. The highest BCUT2D eigenvalue weighted by Gasteiger charge is 2.14. The summed E-state index contributed by atoms with van der Waals surface area (Å²) in [5.41, 5.74) is 3.01. The molecule has 0 aliphatic heterocycles. The molecular weight excluding hydrogens is 292 g/mol. The molecular formula is C14H18N2O4S. The molecule has 114 valence electrons. The molecule has 0 atom stereocenters. The van der Waals surface area contributed by atoms with Gasteiger partial charge >= 0.3 is 5.97 Å². The molecule has 2 rings (SSSR count). The van der Waals surface area contributed by atoms with Crippen LogP contribution in [0.5, 0.6) is 0 Å². The van der Waals surface area contributed by atoms with Crippen LogP contribution in [0.1, 0.15) is 18.2 Å². The van der Waals surface area contributed by atoms with Gasteiger partial charge in [0.2, 0.25) is 10.0 Å². The molecule has 1 heterocycles. The summed E-state index contributed by atoms with van der Waals surface area (Å²) in [6.07, 6.45) is 1.25. The molecule has 0 bridgehead atoms. The first-order valence-electron chi connectivity index (χ1n) is 6.54. The molecule has 1 aromatic heterocycles. The van der Waals surface area contributed by atoms with Crippen LogP contribution in [0.4, 0.5) is 5.69 Å². The summed E-state index contributed by atoms with van der Waals surface area (Å²) < 4.78 is 30.0. The van der Waals surface area contributed by atoms with E-state index >= 15 is 0 Å². The van der Waals surface area contributed by atoms with Crippen LogP contribution in [0.25, 0.3) is 10.9 Å². The van der Waals surface area contributed by atoms with Crippen LogP contribution in [0, 0.1) is 6.92 Å². The Balaban J connectivity index is 2.42. The normalized spacial score (nSPS) is 11.6. The third kappa shape index (κ3) is 3.75. The minimum absolute atomic E-state index is 0.155. The predicted octanol–water partition coefficient (Wildman–Crippen LogP) is 1.95. The van der Waals surface area contributed by atoms with Gasteiger partial charge in [-0.15, -0.1) is 0 Å². The van der Waals surface area contributed by atoms with Crippen molar-refractivity contribution in [2.75, 3.05) is 17.6 Å². The molecule has 7 heteroatoms. The summed E-state index contributed by atoms with van der Waals surface area (Å²) in [5.74, 6) is -0.303. The Kier molecular flexibility index (Phi) is 4.22. The number of fused-ring (bicyclic) bond motifs is 1. The third-order valence-electron chi connectivity index (χ3n) is 3.05. The van der Waals surface area contributed by atoms with Crippen LogP contribution in [0.15, 0.2) is 18.2 Å². The van der Waals surface area contributed by atoms with E-state index in [1.54, 1.807) is 25.1 Å². The van der Waals surface area contributed by atoms with Crippen molar-refractivity contribution in [2.45, 2.75) is 20.3 Å². The van der Waals surface area contributed by atoms with Crippen LogP contribution in [-0.2, 0) is 26.0 Å². The summed E-state index contributed by atoms with van der Waals surface area (Å²) in [6, 6.07) is 5.17. The van der Waals surface area contributed by atoms with E-state index in [-0.39, 0.29) is 12.4 Å². The zero-order valence-corrected chi connectivity index (χ0v) is 13.0. The van der Waals surface area contributed by atoms with Crippen LogP contribution in [0.3, 0.4) is 0 Å². The third-order valence-corrected chi connectivity index (χ3v) is 3.66. The lowest BCUT2D eigenvalue weighted by atomic mass is 10.1. The fourth-order valence-corrected chi connectivity index (χ4v) is 2.80. The summed E-state index contributed by atoms with van der Waals surface area (Å²) in [5, 5.41) is 0.814. The highest BCUT2D eigenvalue weighted by atomic mass is 32.2. The van der Waals surface area contributed by atoms with Crippen LogP contribution < -0.4 is 4.72 Å². The lowest BCUT2D eigenvalue weighted by Gasteiger charge is -2.05. The van der Waals surface area contributed by atoms with Crippen molar-refractivity contribution in [1.82, 2.24) is 4.98 Å². The summed E-state index contributed by atoms with van der Waals surface area (Å²) in [6.45, 7) is 3.97. The number of esters is 1. The molecule has 0 amide bonds. The van der Waals surface area contributed by atoms with Gasteiger partial charge in [-0.25, -0.2) is 8.42 Å². The topological polar surface area (TPSA) is 88.3 Å². The first kappa shape index (κ1) is 15.4. The van der Waals surface area contributed by atoms with Crippen molar-refractivity contribution < 1.29 is 17.9 Å². The number of aromatic nitrogens is 1. The van der Waals surface area contributed by atoms with Gasteiger partial charge in [0.15, 0.2) is 0 Å². The van der Waals surface area contributed by atoms with Gasteiger partial charge in [-0.05, 0) is 37.6 Å². The van der Waals surface area contributed by atoms with E-state index in [1.165, 1.54) is 0 Å². The molecule has 0 unspecified atom stereocenters. The SMILES string of the molecule is CCOC(=O)Cc1c(C)[nH]c2ccc(NS(C)(=O)=O)cc12. The zero-order valence-electron chi connectivity index (χ0n) is 12.2. The molecule has 0 spiro atoms. The number of aromatic amines is 1. The minimum Gasteiger partial charge on any atom is -0.466 e. The number of hydrogen-bond donors (Lipinski definition) is 2. The Labute approximate surface area is 123 Å². The van der Waals surface area contributed by atoms with Crippen molar-refractivity contribution >= 4 is 32.6 Å². The number of sulfonamides is 1. The molecule has 0 saturated heterocycles. The van der Waals surface area contributed by atoms with Gasteiger partial charge in [0.25, 0.3) is 0 Å². The number of carbonyl (C=O) groups excluding carboxylic acids is 1. The van der Waals surface area contributed by atoms with Gasteiger partial charge in [-0.2, -0.15) is 0 Å². The lowest BCUT2D eigenvalue weighted by molar-refractivity contribution is -0.142. The van der Waals surface area contributed by atoms with E-state index in [4.69, 9.17) is 4.74 Å². The van der Waals surface area contributed by atoms with E-state index in [9.17, 15) is 13.2 Å². The smallest absolute Gasteiger partial charge is 0.310 e. The van der Waals surface area contributed by atoms with E-state index in [0.29, 0.717) is 12.3 Å². The van der Waals surface area contributed by atoms with Crippen molar-refractivity contribution in [1.29, 1.82) is 0 Å². The van der Waals surface area contributed by atoms with Crippen LogP contribution >= 0.6 is 0 Å². The van der Waals surface area contributed by atoms with E-state index in [0.717, 1.165) is 28.4 Å². The second kappa shape index (κ2) is 5.77. The second-order valence-corrected chi connectivity index (χ2v) is 6.59. The first-order valence-corrected chi connectivity index (χ1v) is 8.44. The van der Waals surface area contributed by atoms with Crippen LogP contribution in [0.2, 0.25) is 0 Å². The zero-order chi connectivity index (χ0) is 15.6. The number of aryl methyl sites for hydroxylation is 1. The maximum absolute atomic E-state index is 11.7. The Hall–Kier alpha value is -2.02. The molecule has 0 aliphatic rings. The molecule has 0 fully saturated rings. The molecule has 21 heavy (non-hydrogen) atoms. The van der Waals surface area contributed by atoms with Gasteiger partial charge < -0.3 is 9.72 Å². The predicted molar refractivity (Wildman–Crippen MR) is 81.8 cm³/mol. The number of ether oxygens (including phenoxy) is 1. The Morgan fingerprint density at radius 2 is 2.10 bits per heavy atom. The van der Waals surface area contributed by atoms with Crippen molar-refractivity contribution in [3.05, 3.63) is 29.5 Å². The largest absolute Gasteiger partial charge is 0.466 e. The highest BCUT2D eigenvalue weighted by molar-refractivity contribution is 7.92. The molecule has 0 saturated carbocycles. The Morgan fingerprint density at radius 3 is 2.71 bits per heavy atom. The molecule has 0 aliphatic carbocycles. The summed E-state index contributed by atoms with van der Waals surface area (Å²) in [7, 11) is -3.34. The van der Waals surface area contributed by atoms with Crippen molar-refractivity contribution in [2.24, 2.45) is 0 Å². The van der Waals surface area contributed by atoms with Gasteiger partial charge in [0.1, 0.15) is 0 Å². The van der Waals surface area contributed by atoms with Crippen molar-refractivity contribution in [3.8, 4) is 0 Å². The van der Waals surface area contributed by atoms with Gasteiger partial charge in [-0.3, -0.25) is 9.52 Å². The van der Waals surface area contributed by atoms with Crippen molar-refractivity contribution in [3.63, 3.8) is 0 Å². The second-order valence-electron chi connectivity index (χ2n) is 4.84. The average molecular weight is 310 g/mol. The summed E-state index contributed by atoms with van der Waals surface area (Å²) >= 11 is 0.